The van der Waals surface area contributed by atoms with Gasteiger partial charge in [0.1, 0.15) is 5.75 Å². The number of hydrogen-bond acceptors (Lipinski definition) is 4. The molecule has 0 saturated carbocycles. The largest absolute Gasteiger partial charge is 0.496 e. The molecule has 0 aliphatic rings. The molecule has 2 aromatic rings. The Morgan fingerprint density at radius 3 is 2.72 bits per heavy atom. The molecule has 0 bridgehead atoms. The molecule has 1 aromatic heterocycles. The quantitative estimate of drug-likeness (QED) is 0.898. The van der Waals surface area contributed by atoms with Gasteiger partial charge in [0.25, 0.3) is 0 Å². The van der Waals surface area contributed by atoms with Crippen LogP contribution in [-0.4, -0.2) is 19.1 Å². The fourth-order valence-corrected chi connectivity index (χ4v) is 2.74. The Kier molecular flexibility index (Phi) is 4.20. The average molecular weight is 262 g/mol. The average Bonchev–Trinajstić information content (AvgIpc) is 2.77. The second-order valence-electron chi connectivity index (χ2n) is 4.08. The van der Waals surface area contributed by atoms with E-state index in [1.165, 1.54) is 16.1 Å². The van der Waals surface area contributed by atoms with E-state index in [1.54, 1.807) is 18.4 Å². The van der Waals surface area contributed by atoms with E-state index in [4.69, 9.17) is 4.74 Å². The lowest BCUT2D eigenvalue weighted by molar-refractivity contribution is 0.409. The van der Waals surface area contributed by atoms with Crippen molar-refractivity contribution in [2.75, 3.05) is 19.5 Å². The standard InChI is InChI=1S/C14H18N2OS/c1-10-12(16-14(15-2)18-10)9-8-11-6-4-5-7-13(11)17-3/h4-7H,8-9H2,1-3H3,(H,15,16). The van der Waals surface area contributed by atoms with Crippen molar-refractivity contribution in [3.8, 4) is 5.75 Å². The zero-order valence-electron chi connectivity index (χ0n) is 11.0. The van der Waals surface area contributed by atoms with E-state index in [9.17, 15) is 0 Å². The second-order valence-corrected chi connectivity index (χ2v) is 5.29. The van der Waals surface area contributed by atoms with Crippen molar-refractivity contribution in [3.63, 3.8) is 0 Å². The summed E-state index contributed by atoms with van der Waals surface area (Å²) in [5.74, 6) is 0.958. The van der Waals surface area contributed by atoms with Crippen LogP contribution in [0.25, 0.3) is 0 Å². The van der Waals surface area contributed by atoms with Gasteiger partial charge in [-0.15, -0.1) is 11.3 Å². The maximum Gasteiger partial charge on any atom is 0.182 e. The third-order valence-electron chi connectivity index (χ3n) is 2.93. The van der Waals surface area contributed by atoms with Gasteiger partial charge < -0.3 is 10.1 Å². The van der Waals surface area contributed by atoms with Crippen molar-refractivity contribution in [1.29, 1.82) is 0 Å². The van der Waals surface area contributed by atoms with Crippen molar-refractivity contribution in [3.05, 3.63) is 40.4 Å². The van der Waals surface area contributed by atoms with E-state index >= 15 is 0 Å². The van der Waals surface area contributed by atoms with Crippen LogP contribution in [0.5, 0.6) is 5.75 Å². The normalized spacial score (nSPS) is 10.4. The summed E-state index contributed by atoms with van der Waals surface area (Å²) in [5, 5.41) is 4.08. The number of thiazole rings is 1. The van der Waals surface area contributed by atoms with Crippen molar-refractivity contribution in [2.24, 2.45) is 0 Å². The van der Waals surface area contributed by atoms with Gasteiger partial charge in [-0.25, -0.2) is 4.98 Å². The van der Waals surface area contributed by atoms with Gasteiger partial charge in [0.05, 0.1) is 12.8 Å². The van der Waals surface area contributed by atoms with Crippen LogP contribution in [0, 0.1) is 6.92 Å². The molecular formula is C14H18N2OS. The van der Waals surface area contributed by atoms with Gasteiger partial charge in [0.15, 0.2) is 5.13 Å². The monoisotopic (exact) mass is 262 g/mol. The number of ether oxygens (including phenoxy) is 1. The molecule has 0 spiro atoms. The number of rotatable bonds is 5. The van der Waals surface area contributed by atoms with E-state index in [0.717, 1.165) is 23.7 Å². The summed E-state index contributed by atoms with van der Waals surface area (Å²) >= 11 is 1.71. The summed E-state index contributed by atoms with van der Waals surface area (Å²) in [4.78, 5) is 5.85. The fourth-order valence-electron chi connectivity index (χ4n) is 1.93. The molecular weight excluding hydrogens is 244 g/mol. The molecule has 18 heavy (non-hydrogen) atoms. The van der Waals surface area contributed by atoms with E-state index in [0.29, 0.717) is 0 Å². The first-order valence-electron chi connectivity index (χ1n) is 6.00. The summed E-state index contributed by atoms with van der Waals surface area (Å²) in [6, 6.07) is 8.15. The predicted molar refractivity (Wildman–Crippen MR) is 76.8 cm³/mol. The Morgan fingerprint density at radius 2 is 2.06 bits per heavy atom. The van der Waals surface area contributed by atoms with Gasteiger partial charge in [-0.1, -0.05) is 18.2 Å². The van der Waals surface area contributed by atoms with Crippen molar-refractivity contribution in [2.45, 2.75) is 19.8 Å². The highest BCUT2D eigenvalue weighted by Crippen LogP contribution is 2.24. The maximum atomic E-state index is 5.36. The molecule has 1 aromatic carbocycles. The van der Waals surface area contributed by atoms with Crippen LogP contribution >= 0.6 is 11.3 Å². The molecule has 1 heterocycles. The summed E-state index contributed by atoms with van der Waals surface area (Å²) in [6.07, 6.45) is 1.90. The van der Waals surface area contributed by atoms with E-state index in [-0.39, 0.29) is 0 Å². The molecule has 0 atom stereocenters. The van der Waals surface area contributed by atoms with Crippen LogP contribution in [0.15, 0.2) is 24.3 Å². The maximum absolute atomic E-state index is 5.36. The molecule has 3 nitrogen and oxygen atoms in total. The highest BCUT2D eigenvalue weighted by molar-refractivity contribution is 7.15. The Balaban J connectivity index is 2.08. The molecule has 2 rings (SSSR count). The number of anilines is 1. The van der Waals surface area contributed by atoms with Gasteiger partial charge in [-0.05, 0) is 31.4 Å². The number of methoxy groups -OCH3 is 1. The minimum absolute atomic E-state index is 0.949. The third kappa shape index (κ3) is 2.82. The first-order valence-corrected chi connectivity index (χ1v) is 6.82. The van der Waals surface area contributed by atoms with Crippen LogP contribution in [0.2, 0.25) is 0 Å². The molecule has 1 N–H and O–H groups in total. The summed E-state index contributed by atoms with van der Waals surface area (Å²) in [7, 11) is 3.62. The summed E-state index contributed by atoms with van der Waals surface area (Å²) < 4.78 is 5.36. The third-order valence-corrected chi connectivity index (χ3v) is 3.96. The molecule has 96 valence electrons. The lowest BCUT2D eigenvalue weighted by Crippen LogP contribution is -1.97. The van der Waals surface area contributed by atoms with Crippen LogP contribution in [-0.2, 0) is 12.8 Å². The topological polar surface area (TPSA) is 34.2 Å². The number of hydrogen-bond donors (Lipinski definition) is 1. The Bertz CT molecular complexity index is 522. The first-order chi connectivity index (χ1) is 8.74. The lowest BCUT2D eigenvalue weighted by Gasteiger charge is -2.07. The Morgan fingerprint density at radius 1 is 1.28 bits per heavy atom. The van der Waals surface area contributed by atoms with Gasteiger partial charge >= 0.3 is 0 Å². The van der Waals surface area contributed by atoms with E-state index in [2.05, 4.69) is 23.3 Å². The predicted octanol–water partition coefficient (Wildman–Crippen LogP) is 3.29. The first kappa shape index (κ1) is 12.9. The minimum Gasteiger partial charge on any atom is -0.496 e. The van der Waals surface area contributed by atoms with Crippen molar-refractivity contribution >= 4 is 16.5 Å². The van der Waals surface area contributed by atoms with Crippen LogP contribution in [0.4, 0.5) is 5.13 Å². The molecule has 0 aliphatic carbocycles. The van der Waals surface area contributed by atoms with Crippen LogP contribution < -0.4 is 10.1 Å². The second kappa shape index (κ2) is 5.87. The Labute approximate surface area is 112 Å². The number of benzene rings is 1. The number of aromatic nitrogens is 1. The fraction of sp³-hybridized carbons (Fsp3) is 0.357. The van der Waals surface area contributed by atoms with Crippen molar-refractivity contribution < 1.29 is 4.74 Å². The SMILES string of the molecule is CNc1nc(CCc2ccccc2OC)c(C)s1. The Hall–Kier alpha value is -1.55. The molecule has 4 heteroatoms. The number of nitrogens with zero attached hydrogens (tertiary/aromatic N) is 1. The molecule has 0 fully saturated rings. The molecule has 0 unspecified atom stereocenters. The molecule has 0 amide bonds. The van der Waals surface area contributed by atoms with Crippen LogP contribution in [0.3, 0.4) is 0 Å². The minimum atomic E-state index is 0.949. The molecule has 0 radical (unpaired) electrons. The van der Waals surface area contributed by atoms with E-state index < -0.39 is 0 Å². The zero-order chi connectivity index (χ0) is 13.0. The molecule has 0 saturated heterocycles. The van der Waals surface area contributed by atoms with Gasteiger partial charge in [0, 0.05) is 11.9 Å². The number of aryl methyl sites for hydroxylation is 3. The smallest absolute Gasteiger partial charge is 0.182 e. The molecule has 0 aliphatic heterocycles. The van der Waals surface area contributed by atoms with E-state index in [1.807, 2.05) is 25.2 Å². The van der Waals surface area contributed by atoms with Gasteiger partial charge in [-0.3, -0.25) is 0 Å². The summed E-state index contributed by atoms with van der Waals surface area (Å²) in [5.41, 5.74) is 2.41. The van der Waals surface area contributed by atoms with Gasteiger partial charge in [-0.2, -0.15) is 0 Å². The lowest BCUT2D eigenvalue weighted by atomic mass is 10.1. The zero-order valence-corrected chi connectivity index (χ0v) is 11.8. The summed E-state index contributed by atoms with van der Waals surface area (Å²) in [6.45, 7) is 2.12. The number of nitrogens with one attached hydrogen (secondary N) is 1. The highest BCUT2D eigenvalue weighted by Gasteiger charge is 2.08. The highest BCUT2D eigenvalue weighted by atomic mass is 32.1. The van der Waals surface area contributed by atoms with Gasteiger partial charge in [0.2, 0.25) is 0 Å². The van der Waals surface area contributed by atoms with Crippen LogP contribution in [0.1, 0.15) is 16.1 Å². The van der Waals surface area contributed by atoms with Crippen molar-refractivity contribution in [1.82, 2.24) is 4.98 Å². The number of para-hydroxylation sites is 1.